The third-order valence-corrected chi connectivity index (χ3v) is 6.02. The van der Waals surface area contributed by atoms with E-state index >= 15 is 0 Å². The molecule has 2 aromatic rings. The normalized spacial score (nSPS) is 14.0. The van der Waals surface area contributed by atoms with Gasteiger partial charge in [0.05, 0.1) is 7.11 Å². The highest BCUT2D eigenvalue weighted by molar-refractivity contribution is 7.89. The lowest BCUT2D eigenvalue weighted by atomic mass is 10.2. The number of carbonyl (C=O) groups is 1. The molecule has 3 rings (SSSR count). The van der Waals surface area contributed by atoms with E-state index in [9.17, 15) is 13.2 Å². The molecule has 1 saturated carbocycles. The van der Waals surface area contributed by atoms with Gasteiger partial charge in [-0.05, 0) is 54.7 Å². The fraction of sp³-hybridized carbons (Fsp3) is 0.316. The molecule has 0 saturated heterocycles. The summed E-state index contributed by atoms with van der Waals surface area (Å²) in [4.78, 5) is 12.2. The highest BCUT2D eigenvalue weighted by Gasteiger charge is 2.24. The smallest absolute Gasteiger partial charge is 0.251 e. The summed E-state index contributed by atoms with van der Waals surface area (Å²) in [7, 11) is -2.49. The maximum Gasteiger partial charge on any atom is 0.251 e. The Balaban J connectivity index is 1.77. The molecule has 2 N–H and O–H groups in total. The van der Waals surface area contributed by atoms with E-state index in [4.69, 9.17) is 16.3 Å². The van der Waals surface area contributed by atoms with Gasteiger partial charge in [-0.2, -0.15) is 0 Å². The van der Waals surface area contributed by atoms with Crippen LogP contribution in [0.2, 0.25) is 5.02 Å². The number of ether oxygens (including phenoxy) is 1. The van der Waals surface area contributed by atoms with Gasteiger partial charge in [-0.3, -0.25) is 4.79 Å². The van der Waals surface area contributed by atoms with E-state index in [1.54, 1.807) is 30.3 Å². The van der Waals surface area contributed by atoms with Crippen molar-refractivity contribution >= 4 is 27.5 Å². The van der Waals surface area contributed by atoms with Crippen LogP contribution in [0.15, 0.2) is 47.4 Å². The minimum Gasteiger partial charge on any atom is -0.495 e. The molecule has 27 heavy (non-hydrogen) atoms. The summed E-state index contributed by atoms with van der Waals surface area (Å²) in [6.07, 6.45) is 2.24. The van der Waals surface area contributed by atoms with E-state index in [2.05, 4.69) is 10.0 Å². The quantitative estimate of drug-likeness (QED) is 0.703. The lowest BCUT2D eigenvalue weighted by Gasteiger charge is -2.13. The highest BCUT2D eigenvalue weighted by Crippen LogP contribution is 2.28. The fourth-order valence-corrected chi connectivity index (χ4v) is 3.88. The van der Waals surface area contributed by atoms with Gasteiger partial charge in [-0.25, -0.2) is 13.1 Å². The number of nitrogens with one attached hydrogen (secondary N) is 2. The predicted molar refractivity (Wildman–Crippen MR) is 104 cm³/mol. The maximum atomic E-state index is 12.8. The van der Waals surface area contributed by atoms with Crippen molar-refractivity contribution in [3.63, 3.8) is 0 Å². The van der Waals surface area contributed by atoms with E-state index in [-0.39, 0.29) is 28.7 Å². The first-order chi connectivity index (χ1) is 12.9. The van der Waals surface area contributed by atoms with Gasteiger partial charge in [-0.15, -0.1) is 0 Å². The van der Waals surface area contributed by atoms with Crippen LogP contribution in [0.5, 0.6) is 5.75 Å². The second-order valence-electron chi connectivity index (χ2n) is 6.47. The van der Waals surface area contributed by atoms with Crippen molar-refractivity contribution in [3.05, 3.63) is 58.6 Å². The average Bonchev–Trinajstić information content (AvgIpc) is 3.49. The Morgan fingerprint density at radius 1 is 1.19 bits per heavy atom. The third kappa shape index (κ3) is 5.22. The zero-order valence-corrected chi connectivity index (χ0v) is 16.4. The molecule has 0 aliphatic heterocycles. The monoisotopic (exact) mass is 408 g/mol. The van der Waals surface area contributed by atoms with Gasteiger partial charge in [0.1, 0.15) is 10.6 Å². The summed E-state index contributed by atoms with van der Waals surface area (Å²) in [5, 5.41) is 3.41. The molecule has 0 aromatic heterocycles. The Labute approximate surface area is 163 Å². The van der Waals surface area contributed by atoms with Crippen LogP contribution in [0.3, 0.4) is 0 Å². The number of amides is 1. The minimum absolute atomic E-state index is 0.0713. The van der Waals surface area contributed by atoms with Crippen molar-refractivity contribution in [2.75, 3.05) is 13.7 Å². The zero-order valence-electron chi connectivity index (χ0n) is 14.9. The van der Waals surface area contributed by atoms with Crippen LogP contribution >= 0.6 is 11.6 Å². The molecule has 1 amide bonds. The number of hydrogen-bond acceptors (Lipinski definition) is 4. The maximum absolute atomic E-state index is 12.8. The van der Waals surface area contributed by atoms with Crippen molar-refractivity contribution in [1.82, 2.24) is 10.0 Å². The van der Waals surface area contributed by atoms with Gasteiger partial charge in [-0.1, -0.05) is 23.7 Å². The second kappa shape index (κ2) is 8.29. The summed E-state index contributed by atoms with van der Waals surface area (Å²) in [5.41, 5.74) is 1.04. The number of sulfonamides is 1. The fourth-order valence-electron chi connectivity index (χ4n) is 2.55. The molecule has 144 valence electrons. The van der Waals surface area contributed by atoms with Crippen LogP contribution < -0.4 is 14.8 Å². The van der Waals surface area contributed by atoms with Crippen molar-refractivity contribution < 1.29 is 17.9 Å². The number of rotatable bonds is 8. The Morgan fingerprint density at radius 2 is 1.89 bits per heavy atom. The summed E-state index contributed by atoms with van der Waals surface area (Å²) in [6, 6.07) is 11.2. The molecule has 0 atom stereocenters. The summed E-state index contributed by atoms with van der Waals surface area (Å²) in [5.74, 6) is 0.424. The number of halogens is 1. The first-order valence-corrected chi connectivity index (χ1v) is 10.5. The third-order valence-electron chi connectivity index (χ3n) is 4.34. The molecule has 0 unspecified atom stereocenters. The van der Waals surface area contributed by atoms with Crippen molar-refractivity contribution in [2.24, 2.45) is 5.92 Å². The van der Waals surface area contributed by atoms with E-state index in [0.717, 1.165) is 18.4 Å². The number of carbonyl (C=O) groups excluding carboxylic acids is 1. The Morgan fingerprint density at radius 3 is 2.52 bits per heavy atom. The molecule has 0 heterocycles. The lowest BCUT2D eigenvalue weighted by molar-refractivity contribution is 0.0951. The van der Waals surface area contributed by atoms with Crippen molar-refractivity contribution in [2.45, 2.75) is 24.3 Å². The molecule has 0 radical (unpaired) electrons. The first kappa shape index (κ1) is 19.7. The van der Waals surface area contributed by atoms with Gasteiger partial charge >= 0.3 is 0 Å². The molecular formula is C19H21ClN2O4S. The Hall–Kier alpha value is -2.09. The van der Waals surface area contributed by atoms with Gasteiger partial charge < -0.3 is 10.1 Å². The largest absolute Gasteiger partial charge is 0.495 e. The highest BCUT2D eigenvalue weighted by atomic mass is 35.5. The summed E-state index contributed by atoms with van der Waals surface area (Å²) < 4.78 is 33.2. The molecule has 6 nitrogen and oxygen atoms in total. The Bertz CT molecular complexity index is 925. The van der Waals surface area contributed by atoms with E-state index < -0.39 is 10.0 Å². The van der Waals surface area contributed by atoms with Crippen molar-refractivity contribution in [1.29, 1.82) is 0 Å². The van der Waals surface area contributed by atoms with Crippen LogP contribution in [-0.2, 0) is 16.6 Å². The molecule has 2 aromatic carbocycles. The van der Waals surface area contributed by atoms with Gasteiger partial charge in [0.2, 0.25) is 10.0 Å². The molecular weight excluding hydrogens is 388 g/mol. The average molecular weight is 409 g/mol. The second-order valence-corrected chi connectivity index (χ2v) is 8.64. The number of hydrogen-bond donors (Lipinski definition) is 2. The van der Waals surface area contributed by atoms with Gasteiger partial charge in [0.15, 0.2) is 0 Å². The van der Waals surface area contributed by atoms with Crippen molar-refractivity contribution in [3.8, 4) is 5.75 Å². The van der Waals surface area contributed by atoms with Gasteiger partial charge in [0.25, 0.3) is 5.91 Å². The van der Waals surface area contributed by atoms with E-state index in [1.165, 1.54) is 19.2 Å². The standard InChI is InChI=1S/C19H21ClN2O4S/c1-26-17-9-6-15(19(23)21-11-13-2-3-13)10-18(17)27(24,25)22-12-14-4-7-16(20)8-5-14/h4-10,13,22H,2-3,11-12H2,1H3,(H,21,23). The van der Waals surface area contributed by atoms with E-state index in [1.807, 2.05) is 0 Å². The zero-order chi connectivity index (χ0) is 19.4. The summed E-state index contributed by atoms with van der Waals surface area (Å²) in [6.45, 7) is 0.711. The van der Waals surface area contributed by atoms with Gasteiger partial charge in [0, 0.05) is 23.7 Å². The lowest BCUT2D eigenvalue weighted by Crippen LogP contribution is -2.27. The van der Waals surface area contributed by atoms with Crippen LogP contribution in [-0.4, -0.2) is 28.0 Å². The number of benzene rings is 2. The summed E-state index contributed by atoms with van der Waals surface area (Å²) >= 11 is 5.84. The molecule has 1 aliphatic carbocycles. The van der Waals surface area contributed by atoms with Crippen LogP contribution in [0.1, 0.15) is 28.8 Å². The molecule has 0 bridgehead atoms. The van der Waals surface area contributed by atoms with Crippen LogP contribution in [0.4, 0.5) is 0 Å². The minimum atomic E-state index is -3.87. The van der Waals surface area contributed by atoms with E-state index in [0.29, 0.717) is 17.5 Å². The number of methoxy groups -OCH3 is 1. The topological polar surface area (TPSA) is 84.5 Å². The van der Waals surface area contributed by atoms with Crippen LogP contribution in [0.25, 0.3) is 0 Å². The predicted octanol–water partition coefficient (Wildman–Crippen LogP) is 2.97. The Kier molecular flexibility index (Phi) is 6.04. The molecule has 0 spiro atoms. The SMILES string of the molecule is COc1ccc(C(=O)NCC2CC2)cc1S(=O)(=O)NCc1ccc(Cl)cc1. The first-order valence-electron chi connectivity index (χ1n) is 8.59. The molecule has 1 fully saturated rings. The molecule has 8 heteroatoms. The molecule has 1 aliphatic rings. The van der Waals surface area contributed by atoms with Crippen LogP contribution in [0, 0.1) is 5.92 Å².